The molecule has 1 aliphatic carbocycles. The van der Waals surface area contributed by atoms with Crippen molar-refractivity contribution in [1.29, 1.82) is 0 Å². The first kappa shape index (κ1) is 21.0. The summed E-state index contributed by atoms with van der Waals surface area (Å²) in [5, 5.41) is 0.551. The zero-order chi connectivity index (χ0) is 21.8. The van der Waals surface area contributed by atoms with E-state index in [0.717, 1.165) is 5.56 Å². The van der Waals surface area contributed by atoms with Crippen molar-refractivity contribution in [2.24, 2.45) is 5.92 Å². The standard InChI is InChI=1S/C27H21ClO3/c28-21-16-14-18(15-17-21)24(22-12-7-13-23(22)29)25(26(30)19-8-3-1-4-9-19)27(31)20-10-5-2-6-11-20/h1-6,8-12,14-17,24-25H,7,13H2/t24-/m0/s1. The van der Waals surface area contributed by atoms with Gasteiger partial charge in [0.15, 0.2) is 17.3 Å². The van der Waals surface area contributed by atoms with E-state index in [0.29, 0.717) is 34.6 Å². The smallest absolute Gasteiger partial charge is 0.174 e. The zero-order valence-electron chi connectivity index (χ0n) is 16.8. The van der Waals surface area contributed by atoms with Crippen LogP contribution in [-0.4, -0.2) is 17.3 Å². The Morgan fingerprint density at radius 2 is 1.26 bits per heavy atom. The van der Waals surface area contributed by atoms with Gasteiger partial charge in [0.2, 0.25) is 0 Å². The molecule has 0 unspecified atom stereocenters. The second-order valence-corrected chi connectivity index (χ2v) is 8.03. The minimum Gasteiger partial charge on any atom is -0.295 e. The lowest BCUT2D eigenvalue weighted by molar-refractivity contribution is -0.115. The molecule has 3 nitrogen and oxygen atoms in total. The molecule has 0 spiro atoms. The predicted octanol–water partition coefficient (Wildman–Crippen LogP) is 6.09. The highest BCUT2D eigenvalue weighted by molar-refractivity contribution is 6.30. The Morgan fingerprint density at radius 3 is 1.71 bits per heavy atom. The van der Waals surface area contributed by atoms with E-state index in [2.05, 4.69) is 0 Å². The van der Waals surface area contributed by atoms with Gasteiger partial charge < -0.3 is 0 Å². The molecule has 0 N–H and O–H groups in total. The molecule has 0 aliphatic heterocycles. The maximum atomic E-state index is 13.7. The minimum absolute atomic E-state index is 0.0216. The molecule has 0 saturated heterocycles. The van der Waals surface area contributed by atoms with Crippen molar-refractivity contribution in [2.45, 2.75) is 18.8 Å². The summed E-state index contributed by atoms with van der Waals surface area (Å²) in [5.74, 6) is -2.34. The van der Waals surface area contributed by atoms with E-state index in [4.69, 9.17) is 11.6 Å². The Hall–Kier alpha value is -3.30. The molecule has 154 valence electrons. The van der Waals surface area contributed by atoms with Crippen molar-refractivity contribution in [1.82, 2.24) is 0 Å². The SMILES string of the molecule is O=C1CCC=C1[C@H](c1ccc(Cl)cc1)C(C(=O)c1ccccc1)C(=O)c1ccccc1. The summed E-state index contributed by atoms with van der Waals surface area (Å²) in [4.78, 5) is 40.2. The van der Waals surface area contributed by atoms with Crippen molar-refractivity contribution >= 4 is 29.0 Å². The van der Waals surface area contributed by atoms with Crippen LogP contribution in [0.1, 0.15) is 45.0 Å². The molecule has 31 heavy (non-hydrogen) atoms. The highest BCUT2D eigenvalue weighted by Gasteiger charge is 2.41. The van der Waals surface area contributed by atoms with Gasteiger partial charge in [-0.05, 0) is 29.7 Å². The van der Waals surface area contributed by atoms with E-state index in [9.17, 15) is 14.4 Å². The third kappa shape index (κ3) is 4.42. The summed E-state index contributed by atoms with van der Waals surface area (Å²) in [6.45, 7) is 0. The Labute approximate surface area is 186 Å². The number of hydrogen-bond donors (Lipinski definition) is 0. The van der Waals surface area contributed by atoms with Crippen molar-refractivity contribution in [3.63, 3.8) is 0 Å². The molecule has 3 aromatic carbocycles. The largest absolute Gasteiger partial charge is 0.295 e. The number of benzene rings is 3. The van der Waals surface area contributed by atoms with Crippen LogP contribution >= 0.6 is 11.6 Å². The fourth-order valence-corrected chi connectivity index (χ4v) is 4.25. The van der Waals surface area contributed by atoms with Gasteiger partial charge >= 0.3 is 0 Å². The average molecular weight is 429 g/mol. The van der Waals surface area contributed by atoms with E-state index >= 15 is 0 Å². The van der Waals surface area contributed by atoms with Crippen LogP contribution in [0.25, 0.3) is 0 Å². The van der Waals surface area contributed by atoms with Crippen LogP contribution in [0.5, 0.6) is 0 Å². The molecule has 0 bridgehead atoms. The van der Waals surface area contributed by atoms with Gasteiger partial charge in [0.1, 0.15) is 0 Å². The van der Waals surface area contributed by atoms with Gasteiger partial charge in [-0.1, -0.05) is 90.5 Å². The van der Waals surface area contributed by atoms with Crippen molar-refractivity contribution in [2.75, 3.05) is 0 Å². The zero-order valence-corrected chi connectivity index (χ0v) is 17.6. The molecular formula is C27H21ClO3. The summed E-state index contributed by atoms with van der Waals surface area (Å²) in [5.41, 5.74) is 2.15. The quantitative estimate of drug-likeness (QED) is 0.337. The van der Waals surface area contributed by atoms with Gasteiger partial charge in [-0.15, -0.1) is 0 Å². The van der Waals surface area contributed by atoms with Crippen molar-refractivity contribution < 1.29 is 14.4 Å². The van der Waals surface area contributed by atoms with Crippen LogP contribution in [-0.2, 0) is 4.79 Å². The second-order valence-electron chi connectivity index (χ2n) is 7.59. The molecular weight excluding hydrogens is 408 g/mol. The summed E-state index contributed by atoms with van der Waals surface area (Å²) in [6, 6.07) is 24.6. The molecule has 0 aromatic heterocycles. The van der Waals surface area contributed by atoms with Gasteiger partial charge in [-0.25, -0.2) is 0 Å². The first-order valence-electron chi connectivity index (χ1n) is 10.2. The fraction of sp³-hybridized carbons (Fsp3) is 0.148. The third-order valence-corrected chi connectivity index (χ3v) is 5.89. The summed E-state index contributed by atoms with van der Waals surface area (Å²) in [6.07, 6.45) is 2.88. The average Bonchev–Trinajstić information content (AvgIpc) is 3.24. The normalized spacial score (nSPS) is 14.4. The predicted molar refractivity (Wildman–Crippen MR) is 122 cm³/mol. The minimum atomic E-state index is -1.06. The Bertz CT molecular complexity index is 1080. The van der Waals surface area contributed by atoms with E-state index < -0.39 is 11.8 Å². The maximum Gasteiger partial charge on any atom is 0.174 e. The van der Waals surface area contributed by atoms with Gasteiger partial charge in [-0.2, -0.15) is 0 Å². The summed E-state index contributed by atoms with van der Waals surface area (Å²) < 4.78 is 0. The van der Waals surface area contributed by atoms with E-state index in [-0.39, 0.29) is 17.3 Å². The number of halogens is 1. The summed E-state index contributed by atoms with van der Waals surface area (Å²) >= 11 is 6.09. The number of carbonyl (C=O) groups is 3. The number of hydrogen-bond acceptors (Lipinski definition) is 3. The van der Waals surface area contributed by atoms with Crippen LogP contribution in [0.15, 0.2) is 96.6 Å². The molecule has 0 radical (unpaired) electrons. The van der Waals surface area contributed by atoms with E-state index in [1.165, 1.54) is 0 Å². The second kappa shape index (κ2) is 9.23. The Balaban J connectivity index is 1.89. The molecule has 0 heterocycles. The maximum absolute atomic E-state index is 13.7. The monoisotopic (exact) mass is 428 g/mol. The van der Waals surface area contributed by atoms with E-state index in [1.807, 2.05) is 18.2 Å². The molecule has 3 aromatic rings. The molecule has 1 aliphatic rings. The number of allylic oxidation sites excluding steroid dienone is 2. The van der Waals surface area contributed by atoms with E-state index in [1.54, 1.807) is 72.8 Å². The first-order chi connectivity index (χ1) is 15.1. The highest BCUT2D eigenvalue weighted by Crippen LogP contribution is 2.40. The van der Waals surface area contributed by atoms with Crippen LogP contribution < -0.4 is 0 Å². The third-order valence-electron chi connectivity index (χ3n) is 5.64. The number of rotatable bonds is 7. The number of ketones is 3. The van der Waals surface area contributed by atoms with Crippen LogP contribution in [0.4, 0.5) is 0 Å². The molecule has 0 amide bonds. The fourth-order valence-electron chi connectivity index (χ4n) is 4.12. The van der Waals surface area contributed by atoms with Crippen LogP contribution in [0.3, 0.4) is 0 Å². The van der Waals surface area contributed by atoms with Crippen molar-refractivity contribution in [3.05, 3.63) is 118 Å². The Kier molecular flexibility index (Phi) is 6.24. The number of Topliss-reactive ketones (excluding diaryl/α,β-unsaturated/α-hetero) is 3. The first-order valence-corrected chi connectivity index (χ1v) is 10.6. The molecule has 4 rings (SSSR count). The molecule has 0 saturated carbocycles. The van der Waals surface area contributed by atoms with Gasteiger partial charge in [0, 0.05) is 28.5 Å². The highest BCUT2D eigenvalue weighted by atomic mass is 35.5. The van der Waals surface area contributed by atoms with Gasteiger partial charge in [-0.3, -0.25) is 14.4 Å². The number of carbonyl (C=O) groups excluding carboxylic acids is 3. The molecule has 0 fully saturated rings. The summed E-state index contributed by atoms with van der Waals surface area (Å²) in [7, 11) is 0. The Morgan fingerprint density at radius 1 is 0.742 bits per heavy atom. The lowest BCUT2D eigenvalue weighted by Gasteiger charge is -2.27. The lowest BCUT2D eigenvalue weighted by atomic mass is 9.73. The van der Waals surface area contributed by atoms with Crippen molar-refractivity contribution in [3.8, 4) is 0 Å². The lowest BCUT2D eigenvalue weighted by Crippen LogP contribution is -2.33. The van der Waals surface area contributed by atoms with Gasteiger partial charge in [0.05, 0.1) is 5.92 Å². The van der Waals surface area contributed by atoms with Gasteiger partial charge in [0.25, 0.3) is 0 Å². The van der Waals surface area contributed by atoms with Crippen LogP contribution in [0.2, 0.25) is 5.02 Å². The molecule has 1 atom stereocenters. The topological polar surface area (TPSA) is 51.2 Å². The molecule has 4 heteroatoms. The van der Waals surface area contributed by atoms with Crippen LogP contribution in [0, 0.1) is 5.92 Å².